The number of imide groups is 1. The summed E-state index contributed by atoms with van der Waals surface area (Å²) in [5.41, 5.74) is 0.930. The largest absolute Gasteiger partial charge is 0.444 e. The lowest BCUT2D eigenvalue weighted by Crippen LogP contribution is -2.43. The van der Waals surface area contributed by atoms with E-state index in [0.717, 1.165) is 31.2 Å². The first-order chi connectivity index (χ1) is 9.25. The van der Waals surface area contributed by atoms with E-state index in [1.54, 1.807) is 0 Å². The first-order valence-corrected chi connectivity index (χ1v) is 6.82. The van der Waals surface area contributed by atoms with Crippen molar-refractivity contribution in [3.8, 4) is 0 Å². The summed E-state index contributed by atoms with van der Waals surface area (Å²) < 4.78 is 5.30. The summed E-state index contributed by atoms with van der Waals surface area (Å²) in [6, 6.07) is 9.46. The zero-order valence-corrected chi connectivity index (χ0v) is 10.7. The monoisotopic (exact) mass is 259 g/mol. The Balaban J connectivity index is 1.74. The number of fused-ring (bicyclic) bond motifs is 1. The molecule has 0 N–H and O–H groups in total. The van der Waals surface area contributed by atoms with E-state index in [-0.39, 0.29) is 24.5 Å². The minimum Gasteiger partial charge on any atom is -0.444 e. The number of hydrogen-bond donors (Lipinski definition) is 0. The van der Waals surface area contributed by atoms with Gasteiger partial charge in [-0.1, -0.05) is 36.8 Å². The Morgan fingerprint density at radius 2 is 1.95 bits per heavy atom. The summed E-state index contributed by atoms with van der Waals surface area (Å²) in [7, 11) is 0. The summed E-state index contributed by atoms with van der Waals surface area (Å²) in [5, 5.41) is 0. The molecule has 1 aliphatic carbocycles. The highest BCUT2D eigenvalue weighted by atomic mass is 16.6. The molecule has 1 saturated heterocycles. The Morgan fingerprint density at radius 3 is 2.74 bits per heavy atom. The number of benzene rings is 1. The molecule has 0 aromatic heterocycles. The molecule has 1 saturated carbocycles. The standard InChI is InChI=1S/C15H17NO3/c17-14(10-11-6-2-1-3-7-11)16-12-8-4-5-9-13(12)19-15(16)18/h1-3,6-7,12-13H,4-5,8-10H2/t12-,13-/m1/s1. The Morgan fingerprint density at radius 1 is 1.21 bits per heavy atom. The third kappa shape index (κ3) is 2.35. The summed E-state index contributed by atoms with van der Waals surface area (Å²) in [6.45, 7) is 0. The smallest absolute Gasteiger partial charge is 0.417 e. The Bertz CT molecular complexity index is 485. The van der Waals surface area contributed by atoms with Crippen LogP contribution in [0.25, 0.3) is 0 Å². The molecule has 0 radical (unpaired) electrons. The van der Waals surface area contributed by atoms with Crippen LogP contribution in [0.4, 0.5) is 4.79 Å². The molecule has 0 bridgehead atoms. The van der Waals surface area contributed by atoms with Gasteiger partial charge in [0.1, 0.15) is 6.10 Å². The van der Waals surface area contributed by atoms with Crippen molar-refractivity contribution < 1.29 is 14.3 Å². The van der Waals surface area contributed by atoms with E-state index in [1.165, 1.54) is 4.90 Å². The number of carbonyl (C=O) groups excluding carboxylic acids is 2. The molecule has 19 heavy (non-hydrogen) atoms. The maximum Gasteiger partial charge on any atom is 0.417 e. The van der Waals surface area contributed by atoms with Gasteiger partial charge in [-0.25, -0.2) is 9.69 Å². The van der Waals surface area contributed by atoms with Crippen LogP contribution in [0.5, 0.6) is 0 Å². The highest BCUT2D eigenvalue weighted by molar-refractivity contribution is 5.94. The topological polar surface area (TPSA) is 46.6 Å². The number of nitrogens with zero attached hydrogens (tertiary/aromatic N) is 1. The zero-order valence-electron chi connectivity index (χ0n) is 10.7. The minimum absolute atomic E-state index is 0.0440. The van der Waals surface area contributed by atoms with Gasteiger partial charge < -0.3 is 4.74 Å². The van der Waals surface area contributed by atoms with Gasteiger partial charge in [-0.3, -0.25) is 4.79 Å². The number of amides is 2. The van der Waals surface area contributed by atoms with Crippen LogP contribution in [-0.2, 0) is 16.0 Å². The van der Waals surface area contributed by atoms with Gasteiger partial charge >= 0.3 is 6.09 Å². The molecule has 2 atom stereocenters. The van der Waals surface area contributed by atoms with Crippen molar-refractivity contribution >= 4 is 12.0 Å². The van der Waals surface area contributed by atoms with Gasteiger partial charge in [-0.05, 0) is 24.8 Å². The van der Waals surface area contributed by atoms with Gasteiger partial charge in [0.25, 0.3) is 0 Å². The Labute approximate surface area is 112 Å². The number of ether oxygens (including phenoxy) is 1. The van der Waals surface area contributed by atoms with Crippen molar-refractivity contribution in [1.29, 1.82) is 0 Å². The lowest BCUT2D eigenvalue weighted by molar-refractivity contribution is -0.128. The van der Waals surface area contributed by atoms with Crippen LogP contribution in [0.1, 0.15) is 31.2 Å². The fraction of sp³-hybridized carbons (Fsp3) is 0.467. The minimum atomic E-state index is -0.460. The van der Waals surface area contributed by atoms with Crippen LogP contribution in [0, 0.1) is 0 Å². The van der Waals surface area contributed by atoms with Crippen LogP contribution in [0.2, 0.25) is 0 Å². The normalized spacial score (nSPS) is 25.9. The highest BCUT2D eigenvalue weighted by Gasteiger charge is 2.45. The van der Waals surface area contributed by atoms with E-state index in [2.05, 4.69) is 0 Å². The average Bonchev–Trinajstić information content (AvgIpc) is 2.75. The summed E-state index contributed by atoms with van der Waals surface area (Å²) in [4.78, 5) is 25.5. The second-order valence-electron chi connectivity index (χ2n) is 5.20. The molecule has 2 amide bonds. The highest BCUT2D eigenvalue weighted by Crippen LogP contribution is 2.32. The van der Waals surface area contributed by atoms with Gasteiger partial charge in [0.05, 0.1) is 12.5 Å². The van der Waals surface area contributed by atoms with Crippen molar-refractivity contribution in [2.45, 2.75) is 44.2 Å². The summed E-state index contributed by atoms with van der Waals surface area (Å²) in [5.74, 6) is -0.148. The fourth-order valence-corrected chi connectivity index (χ4v) is 2.97. The second kappa shape index (κ2) is 5.03. The molecule has 1 heterocycles. The number of rotatable bonds is 2. The summed E-state index contributed by atoms with van der Waals surface area (Å²) >= 11 is 0. The predicted molar refractivity (Wildman–Crippen MR) is 69.5 cm³/mol. The van der Waals surface area contributed by atoms with Gasteiger partial charge in [0.15, 0.2) is 0 Å². The quantitative estimate of drug-likeness (QED) is 0.820. The van der Waals surface area contributed by atoms with Crippen molar-refractivity contribution in [2.75, 3.05) is 0 Å². The molecule has 0 unspecified atom stereocenters. The summed E-state index contributed by atoms with van der Waals surface area (Å²) in [6.07, 6.45) is 3.61. The van der Waals surface area contributed by atoms with Crippen LogP contribution >= 0.6 is 0 Å². The van der Waals surface area contributed by atoms with Crippen LogP contribution < -0.4 is 0 Å². The number of hydrogen-bond acceptors (Lipinski definition) is 3. The van der Waals surface area contributed by atoms with Crippen molar-refractivity contribution in [3.05, 3.63) is 35.9 Å². The Hall–Kier alpha value is -1.84. The molecule has 2 fully saturated rings. The molecule has 0 spiro atoms. The van der Waals surface area contributed by atoms with Crippen LogP contribution in [0.15, 0.2) is 30.3 Å². The molecular formula is C15H17NO3. The maximum absolute atomic E-state index is 12.3. The first kappa shape index (κ1) is 12.2. The SMILES string of the molecule is O=C(Cc1ccccc1)N1C(=O)O[C@@H]2CCCC[C@H]21. The third-order valence-corrected chi connectivity index (χ3v) is 3.92. The van der Waals surface area contributed by atoms with Crippen LogP contribution in [-0.4, -0.2) is 29.0 Å². The van der Waals surface area contributed by atoms with E-state index in [4.69, 9.17) is 4.74 Å². The van der Waals surface area contributed by atoms with Gasteiger partial charge in [0, 0.05) is 0 Å². The van der Waals surface area contributed by atoms with Gasteiger partial charge in [0.2, 0.25) is 5.91 Å². The van der Waals surface area contributed by atoms with Crippen molar-refractivity contribution in [2.24, 2.45) is 0 Å². The molecule has 3 rings (SSSR count). The predicted octanol–water partition coefficient (Wildman–Crippen LogP) is 2.52. The molecule has 1 aromatic carbocycles. The lowest BCUT2D eigenvalue weighted by Gasteiger charge is -2.26. The van der Waals surface area contributed by atoms with E-state index in [9.17, 15) is 9.59 Å². The van der Waals surface area contributed by atoms with E-state index in [0.29, 0.717) is 0 Å². The second-order valence-corrected chi connectivity index (χ2v) is 5.20. The first-order valence-electron chi connectivity index (χ1n) is 6.82. The van der Waals surface area contributed by atoms with Gasteiger partial charge in [-0.15, -0.1) is 0 Å². The molecule has 100 valence electrons. The molecular weight excluding hydrogens is 242 g/mol. The molecule has 4 nitrogen and oxygen atoms in total. The van der Waals surface area contributed by atoms with E-state index < -0.39 is 6.09 Å². The fourth-order valence-electron chi connectivity index (χ4n) is 2.97. The molecule has 2 aliphatic rings. The molecule has 1 aliphatic heterocycles. The maximum atomic E-state index is 12.3. The lowest BCUT2D eigenvalue weighted by atomic mass is 9.92. The van der Waals surface area contributed by atoms with Crippen LogP contribution in [0.3, 0.4) is 0 Å². The average molecular weight is 259 g/mol. The zero-order chi connectivity index (χ0) is 13.2. The molecule has 4 heteroatoms. The Kier molecular flexibility index (Phi) is 3.23. The third-order valence-electron chi connectivity index (χ3n) is 3.92. The van der Waals surface area contributed by atoms with E-state index >= 15 is 0 Å². The van der Waals surface area contributed by atoms with E-state index in [1.807, 2.05) is 30.3 Å². The van der Waals surface area contributed by atoms with Crippen molar-refractivity contribution in [3.63, 3.8) is 0 Å². The molecule has 1 aromatic rings. The van der Waals surface area contributed by atoms with Crippen molar-refractivity contribution in [1.82, 2.24) is 4.90 Å². The van der Waals surface area contributed by atoms with Gasteiger partial charge in [-0.2, -0.15) is 0 Å². The number of carbonyl (C=O) groups is 2.